The number of aromatic nitrogens is 1. The predicted molar refractivity (Wildman–Crippen MR) is 78.6 cm³/mol. The van der Waals surface area contributed by atoms with Crippen molar-refractivity contribution in [3.05, 3.63) is 53.8 Å². The lowest BCUT2D eigenvalue weighted by Gasteiger charge is -2.00. The van der Waals surface area contributed by atoms with Gasteiger partial charge in [-0.15, -0.1) is 0 Å². The van der Waals surface area contributed by atoms with Gasteiger partial charge in [0.2, 0.25) is 5.89 Å². The minimum absolute atomic E-state index is 0.128. The molecule has 0 saturated carbocycles. The Hall–Kier alpha value is -2.49. The number of benzene rings is 2. The second-order valence-electron chi connectivity index (χ2n) is 4.88. The third-order valence-corrected chi connectivity index (χ3v) is 3.28. The Morgan fingerprint density at radius 1 is 1.19 bits per heavy atom. The average Bonchev–Trinajstić information content (AvgIpc) is 2.90. The van der Waals surface area contributed by atoms with E-state index in [4.69, 9.17) is 4.42 Å². The fourth-order valence-corrected chi connectivity index (χ4v) is 2.19. The van der Waals surface area contributed by atoms with E-state index in [2.05, 4.69) is 4.98 Å². The second-order valence-corrected chi connectivity index (χ2v) is 4.88. The summed E-state index contributed by atoms with van der Waals surface area (Å²) in [4.78, 5) is 16.1. The van der Waals surface area contributed by atoms with Crippen molar-refractivity contribution >= 4 is 16.9 Å². The van der Waals surface area contributed by atoms with Crippen LogP contribution in [0.3, 0.4) is 0 Å². The van der Waals surface area contributed by atoms with Crippen LogP contribution in [0.5, 0.6) is 0 Å². The Bertz CT molecular complexity index is 790. The molecule has 0 N–H and O–H groups in total. The van der Waals surface area contributed by atoms with Crippen molar-refractivity contribution in [2.24, 2.45) is 0 Å². The van der Waals surface area contributed by atoms with Gasteiger partial charge in [-0.05, 0) is 30.7 Å². The second kappa shape index (κ2) is 5.48. The summed E-state index contributed by atoms with van der Waals surface area (Å²) in [5.41, 5.74) is 2.47. The Morgan fingerprint density at radius 3 is 2.67 bits per heavy atom. The van der Waals surface area contributed by atoms with Gasteiger partial charge in [0.05, 0.1) is 0 Å². The molecule has 0 radical (unpaired) electrons. The fraction of sp³-hybridized carbons (Fsp3) is 0.176. The largest absolute Gasteiger partial charge is 0.436 e. The lowest BCUT2D eigenvalue weighted by Crippen LogP contribution is -1.97. The molecule has 0 bridgehead atoms. The van der Waals surface area contributed by atoms with Crippen LogP contribution < -0.4 is 0 Å². The van der Waals surface area contributed by atoms with Crippen molar-refractivity contribution in [2.75, 3.05) is 0 Å². The minimum atomic E-state index is -0.356. The molecule has 0 aliphatic heterocycles. The number of Topliss-reactive ketones (excluding diaryl/α,β-unsaturated/α-hetero) is 1. The van der Waals surface area contributed by atoms with Crippen LogP contribution in [0.2, 0.25) is 0 Å². The number of rotatable bonds is 4. The Kier molecular flexibility index (Phi) is 3.52. The zero-order valence-corrected chi connectivity index (χ0v) is 11.6. The first-order valence-electron chi connectivity index (χ1n) is 6.87. The number of carbonyl (C=O) groups is 1. The lowest BCUT2D eigenvalue weighted by molar-refractivity contribution is 0.0982. The number of halogens is 1. The molecule has 0 spiro atoms. The SMILES string of the molecule is CCCC(=O)c1ccc(-c2nc3ccc(F)cc3o2)cc1. The van der Waals surface area contributed by atoms with Crippen LogP contribution in [-0.2, 0) is 0 Å². The monoisotopic (exact) mass is 283 g/mol. The number of hydrogen-bond donors (Lipinski definition) is 0. The number of carbonyl (C=O) groups excluding carboxylic acids is 1. The first-order valence-corrected chi connectivity index (χ1v) is 6.87. The third kappa shape index (κ3) is 2.70. The van der Waals surface area contributed by atoms with E-state index in [0.29, 0.717) is 29.0 Å². The van der Waals surface area contributed by atoms with E-state index < -0.39 is 0 Å². The van der Waals surface area contributed by atoms with Crippen molar-refractivity contribution in [1.82, 2.24) is 4.98 Å². The lowest BCUT2D eigenvalue weighted by atomic mass is 10.1. The predicted octanol–water partition coefficient (Wildman–Crippen LogP) is 4.62. The molecule has 3 aromatic rings. The van der Waals surface area contributed by atoms with Gasteiger partial charge in [-0.2, -0.15) is 0 Å². The summed E-state index contributed by atoms with van der Waals surface area (Å²) in [5, 5.41) is 0. The summed E-state index contributed by atoms with van der Waals surface area (Å²) in [6, 6.07) is 11.4. The molecule has 2 aromatic carbocycles. The van der Waals surface area contributed by atoms with Gasteiger partial charge in [0, 0.05) is 23.6 Å². The van der Waals surface area contributed by atoms with Crippen LogP contribution in [0, 0.1) is 5.82 Å². The highest BCUT2D eigenvalue weighted by Gasteiger charge is 2.10. The molecule has 0 saturated heterocycles. The number of fused-ring (bicyclic) bond motifs is 1. The van der Waals surface area contributed by atoms with Gasteiger partial charge in [0.15, 0.2) is 11.4 Å². The summed E-state index contributed by atoms with van der Waals surface area (Å²) in [6.45, 7) is 1.98. The van der Waals surface area contributed by atoms with E-state index in [1.807, 2.05) is 6.92 Å². The highest BCUT2D eigenvalue weighted by atomic mass is 19.1. The Labute approximate surface area is 121 Å². The summed E-state index contributed by atoms with van der Waals surface area (Å²) < 4.78 is 18.7. The van der Waals surface area contributed by atoms with E-state index in [1.54, 1.807) is 30.3 Å². The van der Waals surface area contributed by atoms with E-state index >= 15 is 0 Å². The highest BCUT2D eigenvalue weighted by Crippen LogP contribution is 2.25. The van der Waals surface area contributed by atoms with Gasteiger partial charge in [-0.1, -0.05) is 19.1 Å². The Balaban J connectivity index is 1.93. The number of ketones is 1. The maximum absolute atomic E-state index is 13.1. The van der Waals surface area contributed by atoms with Crippen molar-refractivity contribution < 1.29 is 13.6 Å². The Morgan fingerprint density at radius 2 is 1.95 bits per heavy atom. The molecule has 0 amide bonds. The van der Waals surface area contributed by atoms with E-state index in [0.717, 1.165) is 12.0 Å². The molecule has 3 rings (SSSR count). The molecule has 0 unspecified atom stereocenters. The van der Waals surface area contributed by atoms with Crippen LogP contribution in [0.15, 0.2) is 46.9 Å². The van der Waals surface area contributed by atoms with Gasteiger partial charge in [0.1, 0.15) is 11.3 Å². The molecule has 106 valence electrons. The van der Waals surface area contributed by atoms with Gasteiger partial charge in [-0.3, -0.25) is 4.79 Å². The van der Waals surface area contributed by atoms with Crippen molar-refractivity contribution in [3.8, 4) is 11.5 Å². The molecule has 1 aromatic heterocycles. The first kappa shape index (κ1) is 13.5. The zero-order valence-electron chi connectivity index (χ0n) is 11.6. The van der Waals surface area contributed by atoms with Gasteiger partial charge in [0.25, 0.3) is 0 Å². The molecule has 4 heteroatoms. The minimum Gasteiger partial charge on any atom is -0.436 e. The number of hydrogen-bond acceptors (Lipinski definition) is 3. The molecule has 0 fully saturated rings. The number of nitrogens with zero attached hydrogens (tertiary/aromatic N) is 1. The van der Waals surface area contributed by atoms with Crippen molar-refractivity contribution in [1.29, 1.82) is 0 Å². The highest BCUT2D eigenvalue weighted by molar-refractivity contribution is 5.96. The summed E-state index contributed by atoms with van der Waals surface area (Å²) >= 11 is 0. The maximum Gasteiger partial charge on any atom is 0.227 e. The topological polar surface area (TPSA) is 43.1 Å². The quantitative estimate of drug-likeness (QED) is 0.656. The van der Waals surface area contributed by atoms with Crippen LogP contribution >= 0.6 is 0 Å². The van der Waals surface area contributed by atoms with Crippen LogP contribution in [0.25, 0.3) is 22.6 Å². The molecule has 1 heterocycles. The normalized spacial score (nSPS) is 11.0. The number of oxazole rings is 1. The third-order valence-electron chi connectivity index (χ3n) is 3.28. The van der Waals surface area contributed by atoms with Crippen molar-refractivity contribution in [3.63, 3.8) is 0 Å². The molecule has 3 nitrogen and oxygen atoms in total. The van der Waals surface area contributed by atoms with Gasteiger partial charge >= 0.3 is 0 Å². The smallest absolute Gasteiger partial charge is 0.227 e. The van der Waals surface area contributed by atoms with E-state index in [-0.39, 0.29) is 11.6 Å². The van der Waals surface area contributed by atoms with E-state index in [1.165, 1.54) is 12.1 Å². The van der Waals surface area contributed by atoms with E-state index in [9.17, 15) is 9.18 Å². The zero-order chi connectivity index (χ0) is 14.8. The fourth-order valence-electron chi connectivity index (χ4n) is 2.19. The molecular formula is C17H14FNO2. The van der Waals surface area contributed by atoms with Gasteiger partial charge < -0.3 is 4.42 Å². The van der Waals surface area contributed by atoms with Crippen LogP contribution in [0.4, 0.5) is 4.39 Å². The standard InChI is InChI=1S/C17H14FNO2/c1-2-3-15(20)11-4-6-12(7-5-11)17-19-14-9-8-13(18)10-16(14)21-17/h4-10H,2-3H2,1H3. The maximum atomic E-state index is 13.1. The first-order chi connectivity index (χ1) is 10.2. The summed E-state index contributed by atoms with van der Waals surface area (Å²) in [6.07, 6.45) is 1.37. The molecule has 0 atom stereocenters. The summed E-state index contributed by atoms with van der Waals surface area (Å²) in [5.74, 6) is 0.194. The average molecular weight is 283 g/mol. The van der Waals surface area contributed by atoms with Crippen molar-refractivity contribution in [2.45, 2.75) is 19.8 Å². The molecule has 0 aliphatic carbocycles. The molecule has 0 aliphatic rings. The summed E-state index contributed by atoms with van der Waals surface area (Å²) in [7, 11) is 0. The molecular weight excluding hydrogens is 269 g/mol. The van der Waals surface area contributed by atoms with Crippen LogP contribution in [-0.4, -0.2) is 10.8 Å². The van der Waals surface area contributed by atoms with Gasteiger partial charge in [-0.25, -0.2) is 9.37 Å². The molecule has 21 heavy (non-hydrogen) atoms. The van der Waals surface area contributed by atoms with Crippen LogP contribution in [0.1, 0.15) is 30.1 Å².